The Hall–Kier alpha value is -5.08. The molecule has 6 aromatic carbocycles. The number of hydrogen-bond acceptors (Lipinski definition) is 2. The van der Waals surface area contributed by atoms with Gasteiger partial charge in [-0.15, -0.1) is 0 Å². The number of benzene rings is 6. The Bertz CT molecular complexity index is 2030. The van der Waals surface area contributed by atoms with Crippen LogP contribution >= 0.6 is 0 Å². The van der Waals surface area contributed by atoms with Gasteiger partial charge in [0.2, 0.25) is 0 Å². The van der Waals surface area contributed by atoms with Crippen LogP contribution in [0.2, 0.25) is 0 Å². The van der Waals surface area contributed by atoms with Crippen LogP contribution in [-0.2, 0) is 5.41 Å². The molecule has 1 aromatic heterocycles. The third-order valence-electron chi connectivity index (χ3n) is 7.93. The van der Waals surface area contributed by atoms with E-state index in [1.165, 1.54) is 32.8 Å². The summed E-state index contributed by atoms with van der Waals surface area (Å²) in [6, 6.07) is 51.7. The average molecular weight is 544 g/mol. The van der Waals surface area contributed by atoms with Crippen LogP contribution in [0.15, 0.2) is 150 Å². The van der Waals surface area contributed by atoms with Crippen LogP contribution in [0.25, 0.3) is 44.2 Å². The first-order valence-corrected chi connectivity index (χ1v) is 14.5. The zero-order chi connectivity index (χ0) is 28.7. The van der Waals surface area contributed by atoms with E-state index < -0.39 is 0 Å². The van der Waals surface area contributed by atoms with Crippen molar-refractivity contribution in [3.05, 3.63) is 151 Å². The van der Waals surface area contributed by atoms with Gasteiger partial charge in [-0.3, -0.25) is 0 Å². The van der Waals surface area contributed by atoms with Crippen LogP contribution in [0.1, 0.15) is 26.3 Å². The van der Waals surface area contributed by atoms with Crippen molar-refractivity contribution in [1.29, 1.82) is 0 Å². The van der Waals surface area contributed by atoms with Crippen molar-refractivity contribution >= 4 is 38.8 Å². The third-order valence-corrected chi connectivity index (χ3v) is 7.93. The molecule has 7 rings (SSSR count). The minimum absolute atomic E-state index is 0.0874. The van der Waals surface area contributed by atoms with Crippen molar-refractivity contribution in [3.8, 4) is 22.5 Å². The van der Waals surface area contributed by atoms with Crippen LogP contribution in [0.3, 0.4) is 0 Å². The molecule has 0 aliphatic carbocycles. The van der Waals surface area contributed by atoms with Gasteiger partial charge in [-0.05, 0) is 58.1 Å². The van der Waals surface area contributed by atoms with Crippen LogP contribution < -0.4 is 4.90 Å². The second-order valence-corrected chi connectivity index (χ2v) is 11.9. The number of anilines is 3. The molecule has 42 heavy (non-hydrogen) atoms. The number of para-hydroxylation sites is 2. The molecule has 204 valence electrons. The number of furan rings is 1. The highest BCUT2D eigenvalue weighted by molar-refractivity contribution is 5.94. The maximum Gasteiger partial charge on any atom is 0.139 e. The van der Waals surface area contributed by atoms with Crippen molar-refractivity contribution in [2.24, 2.45) is 0 Å². The molecule has 0 aliphatic heterocycles. The lowest BCUT2D eigenvalue weighted by atomic mass is 9.83. The standard InChI is InChI=1S/C40H33NO/c1-40(2,3)38-35-21-10-12-23-37(35)42-39(38)31-18-13-19-32(27-31)41(33-25-24-28-14-7-8-17-30(28)26-33)36-22-11-9-20-34(36)29-15-5-4-6-16-29/h4-27H,1-3H3. The summed E-state index contributed by atoms with van der Waals surface area (Å²) >= 11 is 0. The Morgan fingerprint density at radius 2 is 1.19 bits per heavy atom. The van der Waals surface area contributed by atoms with Gasteiger partial charge in [0.25, 0.3) is 0 Å². The van der Waals surface area contributed by atoms with Crippen molar-refractivity contribution in [1.82, 2.24) is 0 Å². The van der Waals surface area contributed by atoms with Gasteiger partial charge in [0, 0.05) is 33.5 Å². The zero-order valence-corrected chi connectivity index (χ0v) is 24.2. The Kier molecular flexibility index (Phi) is 6.40. The maximum atomic E-state index is 6.59. The topological polar surface area (TPSA) is 16.4 Å². The van der Waals surface area contributed by atoms with E-state index in [-0.39, 0.29) is 5.41 Å². The molecule has 1 heterocycles. The molecular weight excluding hydrogens is 510 g/mol. The van der Waals surface area contributed by atoms with E-state index in [2.05, 4.69) is 165 Å². The van der Waals surface area contributed by atoms with Gasteiger partial charge >= 0.3 is 0 Å². The molecule has 0 saturated carbocycles. The molecule has 0 atom stereocenters. The van der Waals surface area contributed by atoms with Gasteiger partial charge in [0.05, 0.1) is 5.69 Å². The molecule has 0 fully saturated rings. The highest BCUT2D eigenvalue weighted by atomic mass is 16.3. The van der Waals surface area contributed by atoms with Crippen molar-refractivity contribution in [3.63, 3.8) is 0 Å². The lowest BCUT2D eigenvalue weighted by Crippen LogP contribution is -2.12. The largest absolute Gasteiger partial charge is 0.456 e. The molecule has 0 N–H and O–H groups in total. The van der Waals surface area contributed by atoms with Gasteiger partial charge in [0.15, 0.2) is 0 Å². The third kappa shape index (κ3) is 4.65. The van der Waals surface area contributed by atoms with E-state index in [0.29, 0.717) is 0 Å². The van der Waals surface area contributed by atoms with Crippen LogP contribution in [0.5, 0.6) is 0 Å². The molecule has 0 bridgehead atoms. The van der Waals surface area contributed by atoms with E-state index in [1.54, 1.807) is 0 Å². The Morgan fingerprint density at radius 1 is 0.524 bits per heavy atom. The van der Waals surface area contributed by atoms with E-state index in [4.69, 9.17) is 4.42 Å². The summed E-state index contributed by atoms with van der Waals surface area (Å²) in [5, 5.41) is 3.61. The summed E-state index contributed by atoms with van der Waals surface area (Å²) in [6.45, 7) is 6.78. The van der Waals surface area contributed by atoms with Crippen LogP contribution in [0, 0.1) is 0 Å². The molecule has 2 nitrogen and oxygen atoms in total. The summed E-state index contributed by atoms with van der Waals surface area (Å²) < 4.78 is 6.59. The molecular formula is C40H33NO. The molecule has 0 amide bonds. The second kappa shape index (κ2) is 10.4. The molecule has 2 heteroatoms. The van der Waals surface area contributed by atoms with E-state index in [1.807, 2.05) is 6.07 Å². The molecule has 0 saturated heterocycles. The normalized spacial score (nSPS) is 11.7. The first-order valence-electron chi connectivity index (χ1n) is 14.5. The Balaban J connectivity index is 1.46. The van der Waals surface area contributed by atoms with Crippen molar-refractivity contribution in [2.45, 2.75) is 26.2 Å². The molecule has 7 aromatic rings. The number of hydrogen-bond donors (Lipinski definition) is 0. The molecule has 0 radical (unpaired) electrons. The minimum atomic E-state index is -0.0874. The maximum absolute atomic E-state index is 6.59. The smallest absolute Gasteiger partial charge is 0.139 e. The summed E-state index contributed by atoms with van der Waals surface area (Å²) in [6.07, 6.45) is 0. The fraction of sp³-hybridized carbons (Fsp3) is 0.100. The lowest BCUT2D eigenvalue weighted by Gasteiger charge is -2.28. The van der Waals surface area contributed by atoms with Crippen LogP contribution in [-0.4, -0.2) is 0 Å². The summed E-state index contributed by atoms with van der Waals surface area (Å²) in [4.78, 5) is 2.37. The predicted octanol–water partition coefficient (Wildman–Crippen LogP) is 11.7. The summed E-state index contributed by atoms with van der Waals surface area (Å²) in [5.41, 5.74) is 8.80. The number of nitrogens with zero attached hydrogens (tertiary/aromatic N) is 1. The summed E-state index contributed by atoms with van der Waals surface area (Å²) in [7, 11) is 0. The number of rotatable bonds is 5. The van der Waals surface area contributed by atoms with Gasteiger partial charge in [0.1, 0.15) is 11.3 Å². The highest BCUT2D eigenvalue weighted by Crippen LogP contribution is 2.45. The predicted molar refractivity (Wildman–Crippen MR) is 178 cm³/mol. The molecule has 0 aliphatic rings. The van der Waals surface area contributed by atoms with Crippen molar-refractivity contribution < 1.29 is 4.42 Å². The monoisotopic (exact) mass is 543 g/mol. The van der Waals surface area contributed by atoms with Gasteiger partial charge in [-0.25, -0.2) is 0 Å². The molecule has 0 spiro atoms. The van der Waals surface area contributed by atoms with Crippen LogP contribution in [0.4, 0.5) is 17.1 Å². The van der Waals surface area contributed by atoms with Gasteiger partial charge in [-0.2, -0.15) is 0 Å². The molecule has 0 unspecified atom stereocenters. The van der Waals surface area contributed by atoms with Gasteiger partial charge < -0.3 is 9.32 Å². The average Bonchev–Trinajstić information content (AvgIpc) is 3.43. The Morgan fingerprint density at radius 3 is 2.02 bits per heavy atom. The van der Waals surface area contributed by atoms with E-state index in [0.717, 1.165) is 34.0 Å². The summed E-state index contributed by atoms with van der Waals surface area (Å²) in [5.74, 6) is 0.931. The number of fused-ring (bicyclic) bond motifs is 2. The Labute approximate surface area is 247 Å². The minimum Gasteiger partial charge on any atom is -0.456 e. The second-order valence-electron chi connectivity index (χ2n) is 11.9. The highest BCUT2D eigenvalue weighted by Gasteiger charge is 2.27. The fourth-order valence-electron chi connectivity index (χ4n) is 6.05. The first kappa shape index (κ1) is 25.9. The van der Waals surface area contributed by atoms with Gasteiger partial charge in [-0.1, -0.05) is 130 Å². The lowest BCUT2D eigenvalue weighted by molar-refractivity contribution is 0.568. The van der Waals surface area contributed by atoms with Crippen molar-refractivity contribution in [2.75, 3.05) is 4.90 Å². The first-order chi connectivity index (χ1) is 20.5. The fourth-order valence-corrected chi connectivity index (χ4v) is 6.05. The van der Waals surface area contributed by atoms with E-state index in [9.17, 15) is 0 Å². The zero-order valence-electron chi connectivity index (χ0n) is 24.2. The quantitative estimate of drug-likeness (QED) is 0.215. The van der Waals surface area contributed by atoms with E-state index >= 15 is 0 Å². The SMILES string of the molecule is CC(C)(C)c1c(-c2cccc(N(c3ccc4ccccc4c3)c3ccccc3-c3ccccc3)c2)oc2ccccc12.